The van der Waals surface area contributed by atoms with E-state index < -0.39 is 8.32 Å². The molecule has 0 N–H and O–H groups in total. The van der Waals surface area contributed by atoms with Gasteiger partial charge in [-0.25, -0.2) is 4.98 Å². The molecule has 0 spiro atoms. The summed E-state index contributed by atoms with van der Waals surface area (Å²) in [5.74, 6) is 7.79. The van der Waals surface area contributed by atoms with E-state index in [0.717, 1.165) is 73.5 Å². The van der Waals surface area contributed by atoms with Gasteiger partial charge in [0.2, 0.25) is 5.91 Å². The van der Waals surface area contributed by atoms with Crippen molar-refractivity contribution in [3.05, 3.63) is 75.7 Å². The van der Waals surface area contributed by atoms with E-state index in [1.54, 1.807) is 24.6 Å². The molecule has 1 aromatic heterocycles. The van der Waals surface area contributed by atoms with Crippen LogP contribution in [-0.2, 0) is 14.6 Å². The number of carbonyl (C=O) groups is 1. The van der Waals surface area contributed by atoms with Crippen molar-refractivity contribution in [3.63, 3.8) is 0 Å². The van der Waals surface area contributed by atoms with Crippen molar-refractivity contribution < 1.29 is 14.0 Å². The normalized spacial score (nSPS) is 25.6. The van der Waals surface area contributed by atoms with Crippen LogP contribution in [0, 0.1) is 30.1 Å². The largest absolute Gasteiger partial charge is 0.496 e. The molecule has 5 nitrogen and oxygen atoms in total. The summed E-state index contributed by atoms with van der Waals surface area (Å²) in [5.41, 5.74) is 4.96. The number of hydrogen-bond donors (Lipinski definition) is 0. The Bertz CT molecular complexity index is 1630. The predicted octanol–water partition coefficient (Wildman–Crippen LogP) is 10.1. The number of methoxy groups -OCH3 is 1. The van der Waals surface area contributed by atoms with Crippen molar-refractivity contribution in [1.29, 1.82) is 0 Å². The topological polar surface area (TPSA) is 51.7 Å². The maximum atomic E-state index is 14.7. The van der Waals surface area contributed by atoms with E-state index in [1.807, 2.05) is 11.4 Å². The molecule has 0 saturated heterocycles. The fraction of sp³-hybridized carbons (Fsp3) is 0.561. The molecule has 2 aromatic carbocycles. The van der Waals surface area contributed by atoms with Gasteiger partial charge in [0.1, 0.15) is 5.75 Å². The number of hydrogen-bond acceptors (Lipinski definition) is 5. The Labute approximate surface area is 294 Å². The molecule has 2 bridgehead atoms. The summed E-state index contributed by atoms with van der Waals surface area (Å²) in [7, 11) is -0.0964. The minimum Gasteiger partial charge on any atom is -0.496 e. The molecule has 48 heavy (non-hydrogen) atoms. The average molecular weight is 683 g/mol. The van der Waals surface area contributed by atoms with E-state index in [-0.39, 0.29) is 33.8 Å². The van der Waals surface area contributed by atoms with Gasteiger partial charge in [0.15, 0.2) is 13.3 Å². The number of nitrogens with zero attached hydrogens (tertiary/aromatic N) is 2. The number of thiazole rings is 1. The first-order valence-electron chi connectivity index (χ1n) is 18.0. The van der Waals surface area contributed by atoms with Crippen LogP contribution in [0.2, 0.25) is 18.1 Å². The lowest BCUT2D eigenvalue weighted by atomic mass is 9.51. The van der Waals surface area contributed by atoms with Gasteiger partial charge in [0, 0.05) is 41.4 Å². The molecule has 7 rings (SSSR count). The van der Waals surface area contributed by atoms with E-state index in [1.165, 1.54) is 30.4 Å². The molecule has 4 fully saturated rings. The molecule has 1 amide bonds. The van der Waals surface area contributed by atoms with E-state index in [4.69, 9.17) is 9.16 Å². The van der Waals surface area contributed by atoms with Crippen LogP contribution < -0.4 is 9.64 Å². The number of rotatable bonds is 8. The molecule has 1 heterocycles. The van der Waals surface area contributed by atoms with Crippen LogP contribution in [-0.4, -0.2) is 39.0 Å². The summed E-state index contributed by atoms with van der Waals surface area (Å²) in [5, 5.41) is 2.95. The van der Waals surface area contributed by atoms with Crippen molar-refractivity contribution in [2.75, 3.05) is 18.6 Å². The fourth-order valence-corrected chi connectivity index (χ4v) is 10.1. The first-order valence-corrected chi connectivity index (χ1v) is 21.8. The Kier molecular flexibility index (Phi) is 10.0. The van der Waals surface area contributed by atoms with Gasteiger partial charge >= 0.3 is 0 Å². The third kappa shape index (κ3) is 7.32. The summed E-state index contributed by atoms with van der Waals surface area (Å²) >= 11 is 1.55. The van der Waals surface area contributed by atoms with E-state index >= 15 is 0 Å². The van der Waals surface area contributed by atoms with Crippen molar-refractivity contribution in [1.82, 2.24) is 4.98 Å². The molecule has 4 saturated carbocycles. The fourth-order valence-electron chi connectivity index (χ4n) is 8.18. The van der Waals surface area contributed by atoms with Gasteiger partial charge in [-0.3, -0.25) is 4.79 Å². The average Bonchev–Trinajstić information content (AvgIpc) is 3.61. The Balaban J connectivity index is 1.22. The highest BCUT2D eigenvalue weighted by molar-refractivity contribution is 7.10. The lowest BCUT2D eigenvalue weighted by molar-refractivity contribution is -0.124. The third-order valence-corrected chi connectivity index (χ3v) is 17.6. The highest BCUT2D eigenvalue weighted by Crippen LogP contribution is 2.58. The van der Waals surface area contributed by atoms with Crippen molar-refractivity contribution >= 4 is 31.2 Å². The highest BCUT2D eigenvalue weighted by Gasteiger charge is 2.51. The molecule has 3 aromatic rings. The molecule has 256 valence electrons. The molecule has 0 atom stereocenters. The van der Waals surface area contributed by atoms with Crippen LogP contribution in [0.25, 0.3) is 0 Å². The molecule has 0 radical (unpaired) electrons. The van der Waals surface area contributed by atoms with Crippen LogP contribution in [0.5, 0.6) is 5.75 Å². The van der Waals surface area contributed by atoms with Gasteiger partial charge < -0.3 is 14.1 Å². The zero-order chi connectivity index (χ0) is 34.2. The summed E-state index contributed by atoms with van der Waals surface area (Å²) in [6.07, 6.45) is 12.7. The second kappa shape index (κ2) is 13.8. The number of carbonyl (C=O) groups excluding carboxylic acids is 1. The maximum absolute atomic E-state index is 14.7. The van der Waals surface area contributed by atoms with Crippen LogP contribution in [0.1, 0.15) is 107 Å². The second-order valence-corrected chi connectivity index (χ2v) is 22.0. The summed E-state index contributed by atoms with van der Waals surface area (Å²) in [6, 6.07) is 15.1. The van der Waals surface area contributed by atoms with Crippen LogP contribution in [0.4, 0.5) is 5.69 Å². The zero-order valence-electron chi connectivity index (χ0n) is 30.2. The molecular weight excluding hydrogens is 629 g/mol. The van der Waals surface area contributed by atoms with Gasteiger partial charge in [-0.05, 0) is 141 Å². The SMILES string of the molecule is COc1ccc(C23CCC(CN(c4cccc(C#Cc5nccs5)c4)C(=O)[C@H]4CC[C@H](O[Si](C)(C)C(C)(C)C)CC4)(CC2)CC3)cc1C. The Morgan fingerprint density at radius 2 is 1.71 bits per heavy atom. The van der Waals surface area contributed by atoms with Crippen molar-refractivity contribution in [3.8, 4) is 17.6 Å². The quantitative estimate of drug-likeness (QED) is 0.175. The molecule has 4 aliphatic carbocycles. The van der Waals surface area contributed by atoms with Crippen molar-refractivity contribution in [2.24, 2.45) is 11.3 Å². The smallest absolute Gasteiger partial charge is 0.230 e. The monoisotopic (exact) mass is 682 g/mol. The first kappa shape index (κ1) is 34.9. The summed E-state index contributed by atoms with van der Waals surface area (Å²) in [4.78, 5) is 21.2. The van der Waals surface area contributed by atoms with Crippen LogP contribution in [0.3, 0.4) is 0 Å². The van der Waals surface area contributed by atoms with E-state index in [0.29, 0.717) is 0 Å². The number of anilines is 1. The van der Waals surface area contributed by atoms with E-state index in [9.17, 15) is 4.79 Å². The summed E-state index contributed by atoms with van der Waals surface area (Å²) < 4.78 is 12.4. The molecule has 4 aliphatic rings. The number of ether oxygens (including phenoxy) is 1. The molecule has 7 heteroatoms. The molecule has 0 unspecified atom stereocenters. The highest BCUT2D eigenvalue weighted by atomic mass is 32.1. The van der Waals surface area contributed by atoms with Gasteiger partial charge in [-0.1, -0.05) is 44.9 Å². The van der Waals surface area contributed by atoms with Crippen molar-refractivity contribution in [2.45, 2.75) is 122 Å². The zero-order valence-corrected chi connectivity index (χ0v) is 32.0. The van der Waals surface area contributed by atoms with E-state index in [2.05, 4.69) is 98.9 Å². The number of amides is 1. The Morgan fingerprint density at radius 3 is 2.31 bits per heavy atom. The number of aromatic nitrogens is 1. The lowest BCUT2D eigenvalue weighted by Gasteiger charge is -2.55. The van der Waals surface area contributed by atoms with Gasteiger partial charge in [0.05, 0.1) is 7.11 Å². The number of benzene rings is 2. The Hall–Kier alpha value is -2.92. The van der Waals surface area contributed by atoms with Gasteiger partial charge in [-0.2, -0.15) is 0 Å². The first-order chi connectivity index (χ1) is 22.8. The maximum Gasteiger partial charge on any atom is 0.230 e. The van der Waals surface area contributed by atoms with Gasteiger partial charge in [0.25, 0.3) is 0 Å². The number of aryl methyl sites for hydroxylation is 1. The third-order valence-electron chi connectivity index (χ3n) is 12.4. The Morgan fingerprint density at radius 1 is 1.00 bits per heavy atom. The number of fused-ring (bicyclic) bond motifs is 3. The van der Waals surface area contributed by atoms with Crippen LogP contribution in [0.15, 0.2) is 54.0 Å². The summed E-state index contributed by atoms with van der Waals surface area (Å²) in [6.45, 7) is 14.5. The predicted molar refractivity (Wildman–Crippen MR) is 200 cm³/mol. The second-order valence-electron chi connectivity index (χ2n) is 16.4. The minimum absolute atomic E-state index is 0.0271. The minimum atomic E-state index is -1.85. The molecule has 0 aliphatic heterocycles. The molecular formula is C41H54N2O3SSi. The van der Waals surface area contributed by atoms with Crippen LogP contribution >= 0.6 is 11.3 Å². The lowest BCUT2D eigenvalue weighted by Crippen LogP contribution is -2.52. The standard InChI is InChI=1S/C41H54N2O3SSi/c1-30-27-33(14-17-36(30)45-5)41-22-19-40(20-23-41,21-24-41)29-43(34-10-8-9-31(28-34)11-18-37-42-25-26-47-37)38(44)32-12-15-35(16-13-32)46-48(6,7)39(2,3)4/h8-10,14,17,25-28,32,35H,12-13,15-16,19-24,29H2,1-7H3/t32-,35-,40?,41?. The van der Waals surface area contributed by atoms with Gasteiger partial charge in [-0.15, -0.1) is 11.3 Å².